The van der Waals surface area contributed by atoms with Gasteiger partial charge in [0.05, 0.1) is 17.9 Å². The second-order valence-corrected chi connectivity index (χ2v) is 5.01. The van der Waals surface area contributed by atoms with Gasteiger partial charge in [-0.15, -0.1) is 11.8 Å². The van der Waals surface area contributed by atoms with Crippen LogP contribution in [0, 0.1) is 0 Å². The SMILES string of the molecule is CCOC(=O)CSCP(=O)(O)O. The van der Waals surface area contributed by atoms with E-state index in [-0.39, 0.29) is 17.9 Å². The smallest absolute Gasteiger partial charge is 0.335 e. The van der Waals surface area contributed by atoms with Crippen molar-refractivity contribution in [2.75, 3.05) is 17.9 Å². The molecule has 0 rings (SSSR count). The van der Waals surface area contributed by atoms with Crippen molar-refractivity contribution in [1.29, 1.82) is 0 Å². The maximum Gasteiger partial charge on any atom is 0.335 e. The third kappa shape index (κ3) is 8.07. The van der Waals surface area contributed by atoms with Gasteiger partial charge in [-0.3, -0.25) is 9.36 Å². The number of thioether (sulfide) groups is 1. The van der Waals surface area contributed by atoms with Crippen molar-refractivity contribution in [3.8, 4) is 0 Å². The van der Waals surface area contributed by atoms with E-state index < -0.39 is 13.6 Å². The first-order valence-corrected chi connectivity index (χ1v) is 6.19. The van der Waals surface area contributed by atoms with Crippen LogP contribution in [0.5, 0.6) is 0 Å². The molecule has 0 unspecified atom stereocenters. The summed E-state index contributed by atoms with van der Waals surface area (Å²) in [5.41, 5.74) is -0.341. The third-order valence-corrected chi connectivity index (χ3v) is 3.30. The van der Waals surface area contributed by atoms with Crippen LogP contribution >= 0.6 is 19.4 Å². The van der Waals surface area contributed by atoms with E-state index in [0.29, 0.717) is 0 Å². The van der Waals surface area contributed by atoms with E-state index in [2.05, 4.69) is 4.74 Å². The third-order valence-electron chi connectivity index (χ3n) is 0.785. The lowest BCUT2D eigenvalue weighted by molar-refractivity contribution is -0.139. The highest BCUT2D eigenvalue weighted by atomic mass is 32.2. The summed E-state index contributed by atoms with van der Waals surface area (Å²) in [7, 11) is -3.99. The zero-order valence-electron chi connectivity index (χ0n) is 6.60. The molecule has 0 amide bonds. The molecular formula is C5H11O5PS. The summed E-state index contributed by atoms with van der Waals surface area (Å²) < 4.78 is 14.8. The van der Waals surface area contributed by atoms with Crippen LogP contribution < -0.4 is 0 Å². The second kappa shape index (κ2) is 5.59. The number of carbonyl (C=O) groups excluding carboxylic acids is 1. The largest absolute Gasteiger partial charge is 0.465 e. The minimum absolute atomic E-state index is 0.0149. The number of rotatable bonds is 5. The molecule has 72 valence electrons. The first-order valence-electron chi connectivity index (χ1n) is 3.23. The molecule has 0 spiro atoms. The van der Waals surface area contributed by atoms with Gasteiger partial charge in [-0.05, 0) is 6.92 Å². The van der Waals surface area contributed by atoms with Crippen molar-refractivity contribution in [2.24, 2.45) is 0 Å². The maximum atomic E-state index is 10.6. The van der Waals surface area contributed by atoms with Gasteiger partial charge in [0.1, 0.15) is 0 Å². The Kier molecular flexibility index (Phi) is 5.57. The normalized spacial score (nSPS) is 11.2. The van der Waals surface area contributed by atoms with Crippen molar-refractivity contribution < 1.29 is 23.9 Å². The summed E-state index contributed by atoms with van der Waals surface area (Å²) >= 11 is 0.871. The van der Waals surface area contributed by atoms with E-state index in [1.54, 1.807) is 6.92 Å². The fourth-order valence-electron chi connectivity index (χ4n) is 0.451. The van der Waals surface area contributed by atoms with Gasteiger partial charge in [0, 0.05) is 0 Å². The van der Waals surface area contributed by atoms with Crippen molar-refractivity contribution in [3.05, 3.63) is 0 Å². The molecule has 0 aromatic rings. The highest BCUT2D eigenvalue weighted by Gasteiger charge is 2.13. The Labute approximate surface area is 74.6 Å². The van der Waals surface area contributed by atoms with Crippen LogP contribution in [-0.2, 0) is 14.1 Å². The van der Waals surface area contributed by atoms with E-state index in [1.165, 1.54) is 0 Å². The highest BCUT2D eigenvalue weighted by Crippen LogP contribution is 2.38. The van der Waals surface area contributed by atoms with Gasteiger partial charge in [0.15, 0.2) is 0 Å². The van der Waals surface area contributed by atoms with Gasteiger partial charge < -0.3 is 14.5 Å². The van der Waals surface area contributed by atoms with E-state index in [1.807, 2.05) is 0 Å². The Morgan fingerprint density at radius 3 is 2.58 bits per heavy atom. The summed E-state index contributed by atoms with van der Waals surface area (Å²) in [6, 6.07) is 0. The summed E-state index contributed by atoms with van der Waals surface area (Å²) in [6.45, 7) is 1.96. The summed E-state index contributed by atoms with van der Waals surface area (Å²) in [6.07, 6.45) is 0. The van der Waals surface area contributed by atoms with Crippen molar-refractivity contribution in [1.82, 2.24) is 0 Å². The van der Waals surface area contributed by atoms with Crippen molar-refractivity contribution in [3.63, 3.8) is 0 Å². The molecule has 0 radical (unpaired) electrons. The average molecular weight is 214 g/mol. The molecule has 0 bridgehead atoms. The van der Waals surface area contributed by atoms with Gasteiger partial charge in [0.2, 0.25) is 0 Å². The molecule has 5 nitrogen and oxygen atoms in total. The monoisotopic (exact) mass is 214 g/mol. The van der Waals surface area contributed by atoms with E-state index >= 15 is 0 Å². The lowest BCUT2D eigenvalue weighted by atomic mass is 10.8. The number of esters is 1. The lowest BCUT2D eigenvalue weighted by Crippen LogP contribution is -2.06. The maximum absolute atomic E-state index is 10.6. The van der Waals surface area contributed by atoms with Crippen LogP contribution in [0.4, 0.5) is 0 Å². The Balaban J connectivity index is 3.44. The molecule has 0 fully saturated rings. The molecule has 0 aromatic carbocycles. The molecule has 0 aliphatic carbocycles. The second-order valence-electron chi connectivity index (χ2n) is 1.95. The molecule has 7 heteroatoms. The fourth-order valence-corrected chi connectivity index (χ4v) is 2.02. The topological polar surface area (TPSA) is 83.8 Å². The molecule has 0 aromatic heterocycles. The van der Waals surface area contributed by atoms with E-state index in [0.717, 1.165) is 11.8 Å². The van der Waals surface area contributed by atoms with Crippen LogP contribution in [0.15, 0.2) is 0 Å². The van der Waals surface area contributed by atoms with E-state index in [9.17, 15) is 9.36 Å². The Bertz CT molecular complexity index is 188. The van der Waals surface area contributed by atoms with Gasteiger partial charge in [-0.25, -0.2) is 0 Å². The quantitative estimate of drug-likeness (QED) is 0.509. The molecule has 0 aliphatic rings. The summed E-state index contributed by atoms with van der Waals surface area (Å²) in [5, 5.41) is 0. The first kappa shape index (κ1) is 12.0. The molecule has 0 aliphatic heterocycles. The summed E-state index contributed by atoms with van der Waals surface area (Å²) in [4.78, 5) is 27.4. The minimum atomic E-state index is -3.99. The zero-order valence-corrected chi connectivity index (χ0v) is 8.31. The predicted octanol–water partition coefficient (Wildman–Crippen LogP) is 0.418. The lowest BCUT2D eigenvalue weighted by Gasteiger charge is -2.02. The Morgan fingerprint density at radius 2 is 2.17 bits per heavy atom. The molecule has 2 N–H and O–H groups in total. The van der Waals surface area contributed by atoms with Gasteiger partial charge in [-0.2, -0.15) is 0 Å². The number of hydrogen-bond acceptors (Lipinski definition) is 4. The van der Waals surface area contributed by atoms with Gasteiger partial charge >= 0.3 is 13.6 Å². The predicted molar refractivity (Wildman–Crippen MR) is 46.0 cm³/mol. The molecular weight excluding hydrogens is 203 g/mol. The van der Waals surface area contributed by atoms with E-state index in [4.69, 9.17) is 9.79 Å². The van der Waals surface area contributed by atoms with Crippen LogP contribution in [0.2, 0.25) is 0 Å². The molecule has 0 heterocycles. The van der Waals surface area contributed by atoms with Gasteiger partial charge in [-0.1, -0.05) is 0 Å². The highest BCUT2D eigenvalue weighted by molar-refractivity contribution is 8.04. The first-order chi connectivity index (χ1) is 5.45. The van der Waals surface area contributed by atoms with Crippen LogP contribution in [0.25, 0.3) is 0 Å². The van der Waals surface area contributed by atoms with Crippen molar-refractivity contribution in [2.45, 2.75) is 6.92 Å². The number of hydrogen-bond donors (Lipinski definition) is 2. The van der Waals surface area contributed by atoms with Crippen LogP contribution in [-0.4, -0.2) is 33.6 Å². The number of carbonyl (C=O) groups is 1. The molecule has 0 atom stereocenters. The standard InChI is InChI=1S/C5H11O5PS/c1-2-10-5(6)3-12-4-11(7,8)9/h2-4H2,1H3,(H2,7,8,9). The fraction of sp³-hybridized carbons (Fsp3) is 0.800. The Morgan fingerprint density at radius 1 is 1.58 bits per heavy atom. The van der Waals surface area contributed by atoms with Gasteiger partial charge in [0.25, 0.3) is 0 Å². The van der Waals surface area contributed by atoms with Crippen molar-refractivity contribution >= 4 is 25.3 Å². The zero-order chi connectivity index (χ0) is 9.61. The van der Waals surface area contributed by atoms with Crippen LogP contribution in [0.3, 0.4) is 0 Å². The Hall–Kier alpha value is -0.0300. The minimum Gasteiger partial charge on any atom is -0.465 e. The number of ether oxygens (including phenoxy) is 1. The average Bonchev–Trinajstić information content (AvgIpc) is 1.84. The molecule has 0 saturated carbocycles. The van der Waals surface area contributed by atoms with Crippen LogP contribution in [0.1, 0.15) is 6.92 Å². The molecule has 12 heavy (non-hydrogen) atoms. The summed E-state index contributed by atoms with van der Waals surface area (Å²) in [5.74, 6) is -0.463. The molecule has 0 saturated heterocycles.